The summed E-state index contributed by atoms with van der Waals surface area (Å²) in [5.74, 6) is 1.88. The number of nitrogens with zero attached hydrogens (tertiary/aromatic N) is 2. The molecule has 0 aliphatic heterocycles. The van der Waals surface area contributed by atoms with Crippen molar-refractivity contribution in [3.63, 3.8) is 0 Å². The second kappa shape index (κ2) is 6.92. The van der Waals surface area contributed by atoms with E-state index in [1.54, 1.807) is 12.1 Å². The van der Waals surface area contributed by atoms with Crippen LogP contribution in [0, 0.1) is 6.92 Å². The fourth-order valence-electron chi connectivity index (χ4n) is 2.34. The quantitative estimate of drug-likeness (QED) is 0.752. The Labute approximate surface area is 135 Å². The molecule has 0 bridgehead atoms. The Kier molecular flexibility index (Phi) is 4.52. The largest absolute Gasteiger partial charge is 0.508 e. The van der Waals surface area contributed by atoms with Crippen molar-refractivity contribution in [3.8, 4) is 17.1 Å². The van der Waals surface area contributed by atoms with E-state index in [-0.39, 0.29) is 0 Å². The number of phenols is 1. The molecular formula is C19H19N3O. The molecule has 23 heavy (non-hydrogen) atoms. The van der Waals surface area contributed by atoms with Gasteiger partial charge in [0.1, 0.15) is 11.6 Å². The van der Waals surface area contributed by atoms with Crippen LogP contribution in [0.15, 0.2) is 60.8 Å². The number of aromatic nitrogens is 2. The molecule has 4 heteroatoms. The van der Waals surface area contributed by atoms with Gasteiger partial charge in [-0.3, -0.25) is 0 Å². The molecule has 0 amide bonds. The minimum absolute atomic E-state index is 0.292. The van der Waals surface area contributed by atoms with Crippen molar-refractivity contribution in [3.05, 3.63) is 71.9 Å². The summed E-state index contributed by atoms with van der Waals surface area (Å²) < 4.78 is 0. The zero-order chi connectivity index (χ0) is 16.1. The number of aromatic hydroxyl groups is 1. The smallest absolute Gasteiger partial charge is 0.161 e. The molecule has 2 N–H and O–H groups in total. The maximum atomic E-state index is 9.30. The molecule has 0 aliphatic rings. The molecule has 1 heterocycles. The van der Waals surface area contributed by atoms with E-state index in [0.29, 0.717) is 5.75 Å². The van der Waals surface area contributed by atoms with Crippen molar-refractivity contribution in [1.82, 2.24) is 9.97 Å². The van der Waals surface area contributed by atoms with Gasteiger partial charge in [0, 0.05) is 23.9 Å². The minimum atomic E-state index is 0.292. The summed E-state index contributed by atoms with van der Waals surface area (Å²) in [5.41, 5.74) is 3.20. The SMILES string of the molecule is Cc1cnc(-c2ccccc2)nc1NCCc1ccc(O)cc1. The standard InChI is InChI=1S/C19H19N3O/c1-14-13-21-19(16-5-3-2-4-6-16)22-18(14)20-12-11-15-7-9-17(23)10-8-15/h2-10,13,23H,11-12H2,1H3,(H,20,21,22). The van der Waals surface area contributed by atoms with E-state index in [1.165, 1.54) is 5.56 Å². The lowest BCUT2D eigenvalue weighted by Crippen LogP contribution is -2.08. The van der Waals surface area contributed by atoms with Crippen molar-refractivity contribution in [2.24, 2.45) is 0 Å². The Bertz CT molecular complexity index is 770. The van der Waals surface area contributed by atoms with E-state index < -0.39 is 0 Å². The summed E-state index contributed by atoms with van der Waals surface area (Å²) in [6.45, 7) is 2.77. The first-order valence-corrected chi connectivity index (χ1v) is 7.63. The Morgan fingerprint density at radius 3 is 2.48 bits per heavy atom. The summed E-state index contributed by atoms with van der Waals surface area (Å²) in [6, 6.07) is 17.2. The van der Waals surface area contributed by atoms with Gasteiger partial charge in [-0.2, -0.15) is 0 Å². The molecule has 0 aliphatic carbocycles. The van der Waals surface area contributed by atoms with Gasteiger partial charge in [0.05, 0.1) is 0 Å². The molecule has 3 aromatic rings. The highest BCUT2D eigenvalue weighted by atomic mass is 16.3. The summed E-state index contributed by atoms with van der Waals surface area (Å²) in [6.07, 6.45) is 2.71. The molecule has 2 aromatic carbocycles. The first-order chi connectivity index (χ1) is 11.2. The average Bonchev–Trinajstić information content (AvgIpc) is 2.59. The molecule has 116 valence electrons. The normalized spacial score (nSPS) is 10.5. The van der Waals surface area contributed by atoms with Gasteiger partial charge in [0.15, 0.2) is 5.82 Å². The Hall–Kier alpha value is -2.88. The predicted octanol–water partition coefficient (Wildman–Crippen LogP) is 3.81. The van der Waals surface area contributed by atoms with Crippen LogP contribution in [-0.4, -0.2) is 21.6 Å². The predicted molar refractivity (Wildman–Crippen MR) is 92.5 cm³/mol. The molecule has 0 spiro atoms. The third-order valence-electron chi connectivity index (χ3n) is 3.65. The summed E-state index contributed by atoms with van der Waals surface area (Å²) in [7, 11) is 0. The van der Waals surface area contributed by atoms with Crippen molar-refractivity contribution < 1.29 is 5.11 Å². The summed E-state index contributed by atoms with van der Waals surface area (Å²) in [5, 5.41) is 12.7. The number of aryl methyl sites for hydroxylation is 1. The van der Waals surface area contributed by atoms with Gasteiger partial charge >= 0.3 is 0 Å². The van der Waals surface area contributed by atoms with E-state index >= 15 is 0 Å². The maximum Gasteiger partial charge on any atom is 0.161 e. The fourth-order valence-corrected chi connectivity index (χ4v) is 2.34. The molecule has 3 rings (SSSR count). The molecule has 0 radical (unpaired) electrons. The average molecular weight is 305 g/mol. The van der Waals surface area contributed by atoms with Crippen molar-refractivity contribution >= 4 is 5.82 Å². The summed E-state index contributed by atoms with van der Waals surface area (Å²) in [4.78, 5) is 9.03. The molecule has 4 nitrogen and oxygen atoms in total. The second-order valence-corrected chi connectivity index (χ2v) is 5.43. The van der Waals surface area contributed by atoms with E-state index in [1.807, 2.05) is 55.6 Å². The highest BCUT2D eigenvalue weighted by molar-refractivity contribution is 5.58. The molecule has 0 fully saturated rings. The number of nitrogens with one attached hydrogen (secondary N) is 1. The van der Waals surface area contributed by atoms with Gasteiger partial charge in [-0.15, -0.1) is 0 Å². The van der Waals surface area contributed by atoms with Crippen LogP contribution in [0.5, 0.6) is 5.75 Å². The highest BCUT2D eigenvalue weighted by Crippen LogP contribution is 2.18. The molecule has 0 unspecified atom stereocenters. The third-order valence-corrected chi connectivity index (χ3v) is 3.65. The van der Waals surface area contributed by atoms with Gasteiger partial charge in [-0.1, -0.05) is 42.5 Å². The molecule has 0 saturated carbocycles. The lowest BCUT2D eigenvalue weighted by molar-refractivity contribution is 0.475. The molecule has 0 saturated heterocycles. The number of rotatable bonds is 5. The second-order valence-electron chi connectivity index (χ2n) is 5.43. The van der Waals surface area contributed by atoms with Gasteiger partial charge < -0.3 is 10.4 Å². The maximum absolute atomic E-state index is 9.30. The van der Waals surface area contributed by atoms with Gasteiger partial charge in [-0.25, -0.2) is 9.97 Å². The number of phenolic OH excluding ortho intramolecular Hbond substituents is 1. The monoisotopic (exact) mass is 305 g/mol. The first kappa shape index (κ1) is 15.0. The Morgan fingerprint density at radius 1 is 1.00 bits per heavy atom. The van der Waals surface area contributed by atoms with Crippen LogP contribution in [0.2, 0.25) is 0 Å². The number of anilines is 1. The van der Waals surface area contributed by atoms with E-state index in [0.717, 1.165) is 35.7 Å². The third kappa shape index (κ3) is 3.86. The molecular weight excluding hydrogens is 286 g/mol. The molecule has 1 aromatic heterocycles. The van der Waals surface area contributed by atoms with E-state index in [9.17, 15) is 5.11 Å². The van der Waals surface area contributed by atoms with Crippen LogP contribution in [0.3, 0.4) is 0 Å². The lowest BCUT2D eigenvalue weighted by Gasteiger charge is -2.10. The van der Waals surface area contributed by atoms with Crippen molar-refractivity contribution in [1.29, 1.82) is 0 Å². The van der Waals surface area contributed by atoms with Crippen LogP contribution in [0.1, 0.15) is 11.1 Å². The summed E-state index contributed by atoms with van der Waals surface area (Å²) >= 11 is 0. The first-order valence-electron chi connectivity index (χ1n) is 7.63. The van der Waals surface area contributed by atoms with Crippen LogP contribution in [0.4, 0.5) is 5.82 Å². The van der Waals surface area contributed by atoms with E-state index in [2.05, 4.69) is 15.3 Å². The van der Waals surface area contributed by atoms with Gasteiger partial charge in [-0.05, 0) is 31.0 Å². The van der Waals surface area contributed by atoms with E-state index in [4.69, 9.17) is 0 Å². The zero-order valence-corrected chi connectivity index (χ0v) is 13.0. The Balaban J connectivity index is 1.69. The van der Waals surface area contributed by atoms with Crippen LogP contribution in [0.25, 0.3) is 11.4 Å². The van der Waals surface area contributed by atoms with Crippen molar-refractivity contribution in [2.75, 3.05) is 11.9 Å². The highest BCUT2D eigenvalue weighted by Gasteiger charge is 2.05. The fraction of sp³-hybridized carbons (Fsp3) is 0.158. The van der Waals surface area contributed by atoms with Crippen molar-refractivity contribution in [2.45, 2.75) is 13.3 Å². The number of hydrogen-bond donors (Lipinski definition) is 2. The lowest BCUT2D eigenvalue weighted by atomic mass is 10.1. The van der Waals surface area contributed by atoms with Crippen LogP contribution in [-0.2, 0) is 6.42 Å². The topological polar surface area (TPSA) is 58.0 Å². The van der Waals surface area contributed by atoms with Gasteiger partial charge in [0.25, 0.3) is 0 Å². The number of benzene rings is 2. The zero-order valence-electron chi connectivity index (χ0n) is 13.0. The number of hydrogen-bond acceptors (Lipinski definition) is 4. The minimum Gasteiger partial charge on any atom is -0.508 e. The van der Waals surface area contributed by atoms with Gasteiger partial charge in [0.2, 0.25) is 0 Å². The molecule has 0 atom stereocenters. The van der Waals surface area contributed by atoms with Crippen LogP contribution >= 0.6 is 0 Å². The Morgan fingerprint density at radius 2 is 1.74 bits per heavy atom. The van der Waals surface area contributed by atoms with Crippen LogP contribution < -0.4 is 5.32 Å².